The number of piperidine rings is 1. The van der Waals surface area contributed by atoms with E-state index in [1.54, 1.807) is 14.2 Å². The highest BCUT2D eigenvalue weighted by Crippen LogP contribution is 2.37. The van der Waals surface area contributed by atoms with Gasteiger partial charge in [-0.2, -0.15) is 0 Å². The summed E-state index contributed by atoms with van der Waals surface area (Å²) in [4.78, 5) is 5.39. The molecule has 3 aliphatic heterocycles. The molecule has 5 heteroatoms. The molecule has 138 valence electrons. The van der Waals surface area contributed by atoms with Gasteiger partial charge in [-0.3, -0.25) is 9.80 Å². The van der Waals surface area contributed by atoms with Crippen molar-refractivity contribution in [3.63, 3.8) is 0 Å². The Kier molecular flexibility index (Phi) is 5.12. The highest BCUT2D eigenvalue weighted by atomic mass is 35.5. The van der Waals surface area contributed by atoms with Gasteiger partial charge in [-0.15, -0.1) is 0 Å². The average Bonchev–Trinajstić information content (AvgIpc) is 3.43. The fourth-order valence-corrected chi connectivity index (χ4v) is 4.81. The number of benzene rings is 1. The van der Waals surface area contributed by atoms with Gasteiger partial charge >= 0.3 is 0 Å². The van der Waals surface area contributed by atoms with Gasteiger partial charge in [0.25, 0.3) is 0 Å². The average molecular weight is 365 g/mol. The van der Waals surface area contributed by atoms with E-state index in [9.17, 15) is 0 Å². The second kappa shape index (κ2) is 7.34. The first kappa shape index (κ1) is 17.4. The van der Waals surface area contributed by atoms with Gasteiger partial charge < -0.3 is 9.47 Å². The van der Waals surface area contributed by atoms with Gasteiger partial charge in [0.1, 0.15) is 11.5 Å². The van der Waals surface area contributed by atoms with Crippen molar-refractivity contribution in [2.75, 3.05) is 40.4 Å². The van der Waals surface area contributed by atoms with E-state index in [-0.39, 0.29) is 0 Å². The molecule has 4 fully saturated rings. The topological polar surface area (TPSA) is 24.9 Å². The highest BCUT2D eigenvalue weighted by Gasteiger charge is 2.37. The smallest absolute Gasteiger partial charge is 0.141 e. The molecule has 4 aliphatic rings. The summed E-state index contributed by atoms with van der Waals surface area (Å²) < 4.78 is 10.9. The van der Waals surface area contributed by atoms with E-state index in [4.69, 9.17) is 21.1 Å². The lowest BCUT2D eigenvalue weighted by atomic mass is 9.95. The number of hydrogen-bond donors (Lipinski definition) is 0. The third-order valence-corrected chi connectivity index (χ3v) is 6.34. The lowest BCUT2D eigenvalue weighted by Gasteiger charge is -2.36. The molecule has 0 radical (unpaired) electrons. The van der Waals surface area contributed by atoms with Crippen LogP contribution in [0.4, 0.5) is 0 Å². The van der Waals surface area contributed by atoms with Gasteiger partial charge in [0.15, 0.2) is 0 Å². The number of fused-ring (bicyclic) bond motifs is 4. The van der Waals surface area contributed by atoms with Crippen LogP contribution in [-0.2, 0) is 6.54 Å². The Hall–Kier alpha value is -0.970. The predicted octanol–water partition coefficient (Wildman–Crippen LogP) is 3.66. The van der Waals surface area contributed by atoms with Crippen LogP contribution in [-0.4, -0.2) is 56.2 Å². The second-order valence-electron chi connectivity index (χ2n) is 7.99. The first-order valence-electron chi connectivity index (χ1n) is 9.53. The normalized spacial score (nSPS) is 27.3. The minimum Gasteiger partial charge on any atom is -0.496 e. The van der Waals surface area contributed by atoms with Gasteiger partial charge in [0.05, 0.1) is 19.2 Å². The van der Waals surface area contributed by atoms with Crippen LogP contribution in [0, 0.1) is 11.8 Å². The third kappa shape index (κ3) is 3.91. The molecule has 2 atom stereocenters. The van der Waals surface area contributed by atoms with Crippen LogP contribution in [0.3, 0.4) is 0 Å². The first-order valence-corrected chi connectivity index (χ1v) is 9.91. The Balaban J connectivity index is 1.48. The summed E-state index contributed by atoms with van der Waals surface area (Å²) in [7, 11) is 3.36. The molecule has 3 saturated heterocycles. The summed E-state index contributed by atoms with van der Waals surface area (Å²) in [6, 6.07) is 4.64. The number of rotatable bonds is 6. The van der Waals surface area contributed by atoms with Gasteiger partial charge in [0.2, 0.25) is 0 Å². The van der Waals surface area contributed by atoms with E-state index in [0.717, 1.165) is 42.3 Å². The Morgan fingerprint density at radius 3 is 2.52 bits per heavy atom. The van der Waals surface area contributed by atoms with E-state index < -0.39 is 0 Å². The highest BCUT2D eigenvalue weighted by molar-refractivity contribution is 6.32. The van der Waals surface area contributed by atoms with Crippen molar-refractivity contribution in [2.45, 2.75) is 38.3 Å². The summed E-state index contributed by atoms with van der Waals surface area (Å²) in [6.45, 7) is 5.86. The van der Waals surface area contributed by atoms with Crippen LogP contribution < -0.4 is 9.47 Å². The number of nitrogens with zero attached hydrogens (tertiary/aromatic N) is 2. The molecule has 0 amide bonds. The Morgan fingerprint density at radius 1 is 1.00 bits per heavy atom. The van der Waals surface area contributed by atoms with E-state index in [2.05, 4.69) is 9.80 Å². The van der Waals surface area contributed by atoms with E-state index in [0.29, 0.717) is 10.8 Å². The van der Waals surface area contributed by atoms with Gasteiger partial charge in [0, 0.05) is 50.4 Å². The Labute approximate surface area is 156 Å². The van der Waals surface area contributed by atoms with Crippen LogP contribution in [0.5, 0.6) is 11.5 Å². The summed E-state index contributed by atoms with van der Waals surface area (Å²) in [5.41, 5.74) is 1.16. The van der Waals surface area contributed by atoms with Crippen molar-refractivity contribution < 1.29 is 9.47 Å². The molecule has 0 N–H and O–H groups in total. The first-order chi connectivity index (χ1) is 12.2. The number of methoxy groups -OCH3 is 2. The lowest BCUT2D eigenvalue weighted by molar-refractivity contribution is 0.125. The lowest BCUT2D eigenvalue weighted by Crippen LogP contribution is -2.44. The fourth-order valence-electron chi connectivity index (χ4n) is 4.55. The van der Waals surface area contributed by atoms with Crippen LogP contribution in [0.2, 0.25) is 5.02 Å². The van der Waals surface area contributed by atoms with Crippen molar-refractivity contribution >= 4 is 11.6 Å². The van der Waals surface area contributed by atoms with Gasteiger partial charge in [-0.1, -0.05) is 11.6 Å². The van der Waals surface area contributed by atoms with Crippen molar-refractivity contribution in [1.29, 1.82) is 0 Å². The van der Waals surface area contributed by atoms with Crippen molar-refractivity contribution in [1.82, 2.24) is 9.80 Å². The van der Waals surface area contributed by atoms with E-state index >= 15 is 0 Å². The Morgan fingerprint density at radius 2 is 1.80 bits per heavy atom. The summed E-state index contributed by atoms with van der Waals surface area (Å²) in [5, 5.41) is 0.659. The largest absolute Gasteiger partial charge is 0.496 e. The van der Waals surface area contributed by atoms with Gasteiger partial charge in [-0.25, -0.2) is 0 Å². The molecule has 2 bridgehead atoms. The molecule has 25 heavy (non-hydrogen) atoms. The van der Waals surface area contributed by atoms with Crippen LogP contribution in [0.25, 0.3) is 0 Å². The molecule has 1 saturated carbocycles. The van der Waals surface area contributed by atoms with Crippen molar-refractivity contribution in [3.05, 3.63) is 22.7 Å². The summed E-state index contributed by atoms with van der Waals surface area (Å²) in [5.74, 6) is 3.33. The van der Waals surface area contributed by atoms with Crippen molar-refractivity contribution in [2.24, 2.45) is 11.8 Å². The summed E-state index contributed by atoms with van der Waals surface area (Å²) in [6.07, 6.45) is 5.62. The number of ether oxygens (including phenoxy) is 2. The van der Waals surface area contributed by atoms with Crippen LogP contribution >= 0.6 is 11.6 Å². The molecule has 1 aromatic rings. The van der Waals surface area contributed by atoms with Crippen molar-refractivity contribution in [3.8, 4) is 11.5 Å². The molecular weight excluding hydrogens is 336 g/mol. The molecule has 4 nitrogen and oxygen atoms in total. The molecule has 5 rings (SSSR count). The second-order valence-corrected chi connectivity index (χ2v) is 8.39. The molecule has 0 unspecified atom stereocenters. The molecule has 0 aromatic heterocycles. The van der Waals surface area contributed by atoms with E-state index in [1.165, 1.54) is 45.3 Å². The maximum absolute atomic E-state index is 6.36. The minimum absolute atomic E-state index is 0.659. The fraction of sp³-hybridized carbons (Fsp3) is 0.700. The molecular formula is C20H29ClN2O2. The zero-order valence-corrected chi connectivity index (χ0v) is 16.1. The summed E-state index contributed by atoms with van der Waals surface area (Å²) >= 11 is 6.36. The maximum Gasteiger partial charge on any atom is 0.141 e. The standard InChI is InChI=1S/C20H29ClN2O2/c1-24-19-8-20(25-2)18(21)7-16(19)12-22-9-15-5-6-17(13-22)23(11-15)10-14-3-4-14/h7-8,14-15,17H,3-6,9-13H2,1-2H3/t15-,17+/m1/s1. The molecule has 1 aliphatic carbocycles. The third-order valence-electron chi connectivity index (χ3n) is 6.04. The monoisotopic (exact) mass is 364 g/mol. The van der Waals surface area contributed by atoms with E-state index in [1.807, 2.05) is 12.1 Å². The predicted molar refractivity (Wildman–Crippen MR) is 101 cm³/mol. The quantitative estimate of drug-likeness (QED) is 0.769. The Bertz CT molecular complexity index is 620. The number of halogens is 1. The number of hydrogen-bond acceptors (Lipinski definition) is 4. The zero-order chi connectivity index (χ0) is 17.4. The molecule has 0 spiro atoms. The molecule has 3 heterocycles. The zero-order valence-electron chi connectivity index (χ0n) is 15.3. The van der Waals surface area contributed by atoms with Crippen LogP contribution in [0.15, 0.2) is 12.1 Å². The van der Waals surface area contributed by atoms with Gasteiger partial charge in [-0.05, 0) is 43.6 Å². The molecule has 1 aromatic carbocycles. The maximum atomic E-state index is 6.36. The minimum atomic E-state index is 0.659. The SMILES string of the molecule is COc1cc(OC)c(CN2C[C@H]3CC[C@@H](C2)N(CC2CC2)C3)cc1Cl. The van der Waals surface area contributed by atoms with Crippen LogP contribution in [0.1, 0.15) is 31.2 Å².